The third-order valence-corrected chi connectivity index (χ3v) is 13.4. The molecule has 0 bridgehead atoms. The Hall–Kier alpha value is -6.02. The highest BCUT2D eigenvalue weighted by atomic mass is 79.9. The number of ether oxygens (including phenoxy) is 2. The van der Waals surface area contributed by atoms with Crippen molar-refractivity contribution in [3.8, 4) is 11.5 Å². The fourth-order valence-corrected chi connectivity index (χ4v) is 10.7. The fraction of sp³-hybridized carbons (Fsp3) is 0.106. The van der Waals surface area contributed by atoms with Crippen LogP contribution in [0.25, 0.3) is 0 Å². The zero-order chi connectivity index (χ0) is 46.1. The number of hydrogen-bond acceptors (Lipinski definition) is 10. The van der Waals surface area contributed by atoms with Crippen LogP contribution in [-0.2, 0) is 22.3 Å². The largest absolute Gasteiger partial charge is 0.507 e. The molecule has 18 heteroatoms. The lowest BCUT2D eigenvalue weighted by Gasteiger charge is -2.20. The number of alkyl carbamates (subject to hydrolysis) is 2. The fourth-order valence-electron chi connectivity index (χ4n) is 7.66. The minimum atomic E-state index is -0.758. The molecule has 2 aliphatic rings. The van der Waals surface area contributed by atoms with Gasteiger partial charge in [-0.1, -0.05) is 48.5 Å². The number of carbonyl (C=O) groups is 6. The summed E-state index contributed by atoms with van der Waals surface area (Å²) in [5.74, 6) is -2.11. The van der Waals surface area contributed by atoms with Crippen LogP contribution in [-0.4, -0.2) is 65.4 Å². The van der Waals surface area contributed by atoms with Crippen LogP contribution in [0.2, 0.25) is 0 Å². The second kappa shape index (κ2) is 19.2. The highest BCUT2D eigenvalue weighted by Crippen LogP contribution is 2.39. The second-order valence-electron chi connectivity index (χ2n) is 14.8. The number of nitrogens with one attached hydrogen (secondary N) is 2. The Bertz CT molecular complexity index is 2780. The minimum Gasteiger partial charge on any atom is -0.507 e. The monoisotopic (exact) mass is 1130 g/mol. The Labute approximate surface area is 403 Å². The molecule has 2 amide bonds. The molecule has 6 aromatic carbocycles. The number of phenolic OH excluding ortho intramolecular Hbond substituents is 2. The maximum atomic E-state index is 13.5. The Morgan fingerprint density at radius 3 is 1.15 bits per heavy atom. The van der Waals surface area contributed by atoms with E-state index in [0.29, 0.717) is 53.5 Å². The number of rotatable bonds is 12. The first-order valence-electron chi connectivity index (χ1n) is 19.8. The summed E-state index contributed by atoms with van der Waals surface area (Å²) in [5, 5.41) is 29.5. The molecule has 14 nitrogen and oxygen atoms in total. The summed E-state index contributed by atoms with van der Waals surface area (Å²) >= 11 is 14.4. The molecule has 0 aliphatic heterocycles. The zero-order valence-electron chi connectivity index (χ0n) is 33.6. The molecule has 6 aromatic rings. The lowest BCUT2D eigenvalue weighted by Crippen LogP contribution is -2.72. The number of halogens is 4. The SMILES string of the molecule is O=C(NCNC(=O)OCCc1cc(Br)c([NH2+]c2ccc(O)c3c2C(=O)c2ccccc2C3=O)c(Br)c1)OCCc1cc(Br)c([NH2+]c2ccc(O)c3c2C(=O)c2ccccc2C3=O)c(Br)c1. The number of hydrogen-bond donors (Lipinski definition) is 6. The molecule has 0 atom stereocenters. The number of amides is 2. The summed E-state index contributed by atoms with van der Waals surface area (Å²) in [4.78, 5) is 78.4. The van der Waals surface area contributed by atoms with Crippen molar-refractivity contribution in [2.75, 3.05) is 19.9 Å². The van der Waals surface area contributed by atoms with Crippen molar-refractivity contribution in [3.05, 3.63) is 171 Å². The topological polar surface area (TPSA) is 219 Å². The lowest BCUT2D eigenvalue weighted by molar-refractivity contribution is -0.480. The highest BCUT2D eigenvalue weighted by molar-refractivity contribution is 9.11. The van der Waals surface area contributed by atoms with E-state index in [1.165, 1.54) is 12.1 Å². The summed E-state index contributed by atoms with van der Waals surface area (Å²) in [5.41, 5.74) is 5.11. The zero-order valence-corrected chi connectivity index (χ0v) is 39.9. The lowest BCUT2D eigenvalue weighted by atomic mass is 9.82. The smallest absolute Gasteiger partial charge is 0.408 e. The molecular weight excluding hydrogens is 1100 g/mol. The quantitative estimate of drug-likeness (QED) is 0.0394. The Morgan fingerprint density at radius 2 is 0.815 bits per heavy atom. The number of carbonyl (C=O) groups excluding carboxylic acids is 6. The molecule has 8 rings (SSSR count). The first-order chi connectivity index (χ1) is 31.2. The van der Waals surface area contributed by atoms with Crippen molar-refractivity contribution in [1.82, 2.24) is 10.6 Å². The number of ketones is 4. The molecule has 0 fully saturated rings. The van der Waals surface area contributed by atoms with E-state index in [4.69, 9.17) is 9.47 Å². The van der Waals surface area contributed by atoms with Crippen molar-refractivity contribution >= 4 is 122 Å². The molecule has 0 radical (unpaired) electrons. The molecule has 0 unspecified atom stereocenters. The predicted octanol–water partition coefficient (Wildman–Crippen LogP) is 7.95. The maximum absolute atomic E-state index is 13.5. The van der Waals surface area contributed by atoms with Gasteiger partial charge in [-0.25, -0.2) is 9.59 Å². The first-order valence-corrected chi connectivity index (χ1v) is 22.9. The van der Waals surface area contributed by atoms with Gasteiger partial charge in [-0.15, -0.1) is 0 Å². The second-order valence-corrected chi connectivity index (χ2v) is 18.2. The van der Waals surface area contributed by atoms with E-state index in [1.807, 2.05) is 24.3 Å². The Kier molecular flexibility index (Phi) is 13.5. The number of nitrogens with two attached hydrogens (primary N) is 2. The molecule has 0 heterocycles. The van der Waals surface area contributed by atoms with Crippen molar-refractivity contribution in [2.24, 2.45) is 0 Å². The van der Waals surface area contributed by atoms with E-state index < -0.39 is 23.8 Å². The van der Waals surface area contributed by atoms with Gasteiger partial charge in [0.05, 0.1) is 60.0 Å². The molecule has 0 saturated carbocycles. The summed E-state index contributed by atoms with van der Waals surface area (Å²) < 4.78 is 13.2. The molecule has 2 aliphatic carbocycles. The van der Waals surface area contributed by atoms with E-state index in [2.05, 4.69) is 74.4 Å². The van der Waals surface area contributed by atoms with Crippen LogP contribution < -0.4 is 21.3 Å². The van der Waals surface area contributed by atoms with Gasteiger partial charge in [-0.3, -0.25) is 29.8 Å². The van der Waals surface area contributed by atoms with E-state index in [1.54, 1.807) is 71.3 Å². The van der Waals surface area contributed by atoms with Crippen LogP contribution >= 0.6 is 63.7 Å². The van der Waals surface area contributed by atoms with Gasteiger partial charge in [0.1, 0.15) is 22.9 Å². The summed E-state index contributed by atoms with van der Waals surface area (Å²) in [7, 11) is 0. The normalized spacial score (nSPS) is 12.5. The van der Waals surface area contributed by atoms with Gasteiger partial charge >= 0.3 is 12.2 Å². The first kappa shape index (κ1) is 45.5. The molecule has 0 aromatic heterocycles. The minimum absolute atomic E-state index is 0.0187. The van der Waals surface area contributed by atoms with Gasteiger partial charge in [0.15, 0.2) is 22.9 Å². The number of aromatic hydroxyl groups is 2. The van der Waals surface area contributed by atoms with Crippen molar-refractivity contribution in [3.63, 3.8) is 0 Å². The van der Waals surface area contributed by atoms with Gasteiger partial charge in [0, 0.05) is 47.2 Å². The maximum Gasteiger partial charge on any atom is 0.408 e. The summed E-state index contributed by atoms with van der Waals surface area (Å²) in [6, 6.07) is 26.3. The van der Waals surface area contributed by atoms with Crippen LogP contribution in [0, 0.1) is 0 Å². The average Bonchev–Trinajstić information content (AvgIpc) is 3.28. The molecule has 65 heavy (non-hydrogen) atoms. The summed E-state index contributed by atoms with van der Waals surface area (Å²) in [6.45, 7) is -0.210. The van der Waals surface area contributed by atoms with Crippen LogP contribution in [0.3, 0.4) is 0 Å². The molecule has 0 saturated heterocycles. The Balaban J connectivity index is 0.786. The number of fused-ring (bicyclic) bond motifs is 4. The number of benzene rings is 6. The van der Waals surface area contributed by atoms with Crippen LogP contribution in [0.4, 0.5) is 32.3 Å². The third-order valence-electron chi connectivity index (χ3n) is 10.8. The van der Waals surface area contributed by atoms with Crippen molar-refractivity contribution in [2.45, 2.75) is 12.8 Å². The van der Waals surface area contributed by atoms with Crippen LogP contribution in [0.15, 0.2) is 115 Å². The Morgan fingerprint density at radius 1 is 0.492 bits per heavy atom. The van der Waals surface area contributed by atoms with Gasteiger partial charge < -0.3 is 30.3 Å². The van der Waals surface area contributed by atoms with E-state index >= 15 is 0 Å². The third kappa shape index (κ3) is 9.27. The van der Waals surface area contributed by atoms with Gasteiger partial charge in [0.25, 0.3) is 0 Å². The molecule has 0 spiro atoms. The van der Waals surface area contributed by atoms with Crippen molar-refractivity contribution < 1.29 is 59.1 Å². The van der Waals surface area contributed by atoms with Crippen LogP contribution in [0.1, 0.15) is 74.8 Å². The molecule has 8 N–H and O–H groups in total. The standard InChI is InChI=1S/C47H32Br4N4O10/c48-28-17-22(18-29(49)40(28)54-32-9-11-34(56)38-36(32)42(58)24-5-1-3-7-26(24)44(38)60)13-15-64-46(62)52-21-53-47(63)65-16-14-23-19-30(50)41(31(51)20-23)55-33-10-12-35(57)39-37(33)43(59)25-6-2-4-8-27(25)45(39)61/h1-12,17-20,54-57H,13-16,21H2,(H,52,62)(H,53,63)/p+2. The molecular formula is C47H34Br4N4O10+2. The predicted molar refractivity (Wildman–Crippen MR) is 250 cm³/mol. The van der Waals surface area contributed by atoms with Gasteiger partial charge in [-0.2, -0.15) is 0 Å². The van der Waals surface area contributed by atoms with Crippen LogP contribution in [0.5, 0.6) is 11.5 Å². The van der Waals surface area contributed by atoms with E-state index in [9.17, 15) is 39.0 Å². The van der Waals surface area contributed by atoms with Gasteiger partial charge in [0.2, 0.25) is 11.6 Å². The summed E-state index contributed by atoms with van der Waals surface area (Å²) in [6.07, 6.45) is -0.824. The van der Waals surface area contributed by atoms with E-state index in [-0.39, 0.29) is 87.5 Å². The number of quaternary nitrogens is 2. The molecule has 328 valence electrons. The number of phenols is 2. The van der Waals surface area contributed by atoms with E-state index in [0.717, 1.165) is 11.1 Å². The average molecular weight is 1130 g/mol. The van der Waals surface area contributed by atoms with Crippen molar-refractivity contribution in [1.29, 1.82) is 0 Å². The highest BCUT2D eigenvalue weighted by Gasteiger charge is 2.37. The van der Waals surface area contributed by atoms with Gasteiger partial charge in [-0.05, 0) is 111 Å².